The Bertz CT molecular complexity index is 223. The SMILES string of the molecule is OC1CCN(c2nn[nH]n2)C1. The largest absolute Gasteiger partial charge is 0.391 e. The van der Waals surface area contributed by atoms with Crippen LogP contribution in [0.1, 0.15) is 6.42 Å². The third kappa shape index (κ3) is 1.16. The van der Waals surface area contributed by atoms with Crippen molar-refractivity contribution in [3.8, 4) is 0 Å². The lowest BCUT2D eigenvalue weighted by molar-refractivity contribution is 0.198. The molecule has 0 bridgehead atoms. The molecule has 2 heterocycles. The van der Waals surface area contributed by atoms with Crippen LogP contribution in [0.4, 0.5) is 5.95 Å². The van der Waals surface area contributed by atoms with Crippen molar-refractivity contribution in [1.82, 2.24) is 20.6 Å². The highest BCUT2D eigenvalue weighted by Crippen LogP contribution is 2.13. The fourth-order valence-electron chi connectivity index (χ4n) is 1.21. The zero-order valence-electron chi connectivity index (χ0n) is 5.93. The van der Waals surface area contributed by atoms with Gasteiger partial charge in [0.2, 0.25) is 0 Å². The van der Waals surface area contributed by atoms with Crippen molar-refractivity contribution in [1.29, 1.82) is 0 Å². The molecule has 0 saturated carbocycles. The minimum Gasteiger partial charge on any atom is -0.391 e. The van der Waals surface area contributed by atoms with Gasteiger partial charge >= 0.3 is 0 Å². The summed E-state index contributed by atoms with van der Waals surface area (Å²) in [5.74, 6) is 0.571. The van der Waals surface area contributed by atoms with Gasteiger partial charge < -0.3 is 10.0 Å². The minimum absolute atomic E-state index is 0.242. The van der Waals surface area contributed by atoms with Crippen LogP contribution in [0.5, 0.6) is 0 Å². The highest BCUT2D eigenvalue weighted by molar-refractivity contribution is 5.28. The Labute approximate surface area is 63.2 Å². The first-order valence-corrected chi connectivity index (χ1v) is 3.53. The van der Waals surface area contributed by atoms with E-state index < -0.39 is 0 Å². The summed E-state index contributed by atoms with van der Waals surface area (Å²) in [5, 5.41) is 22.6. The van der Waals surface area contributed by atoms with Gasteiger partial charge in [0.05, 0.1) is 6.10 Å². The molecule has 2 rings (SSSR count). The van der Waals surface area contributed by atoms with Gasteiger partial charge in [-0.25, -0.2) is 0 Å². The quantitative estimate of drug-likeness (QED) is 0.531. The van der Waals surface area contributed by atoms with Crippen molar-refractivity contribution >= 4 is 5.95 Å². The Morgan fingerprint density at radius 3 is 3.09 bits per heavy atom. The van der Waals surface area contributed by atoms with Crippen molar-refractivity contribution in [3.63, 3.8) is 0 Å². The van der Waals surface area contributed by atoms with Gasteiger partial charge in [-0.15, -0.1) is 5.10 Å². The predicted molar refractivity (Wildman–Crippen MR) is 37.0 cm³/mol. The van der Waals surface area contributed by atoms with E-state index >= 15 is 0 Å². The van der Waals surface area contributed by atoms with Crippen molar-refractivity contribution in [3.05, 3.63) is 0 Å². The van der Waals surface area contributed by atoms with Gasteiger partial charge in [0.1, 0.15) is 0 Å². The summed E-state index contributed by atoms with van der Waals surface area (Å²) < 4.78 is 0. The lowest BCUT2D eigenvalue weighted by atomic mass is 10.3. The van der Waals surface area contributed by atoms with Crippen LogP contribution in [0.15, 0.2) is 0 Å². The van der Waals surface area contributed by atoms with Crippen LogP contribution in [0, 0.1) is 0 Å². The zero-order valence-corrected chi connectivity index (χ0v) is 5.93. The first-order chi connectivity index (χ1) is 5.36. The minimum atomic E-state index is -0.242. The molecule has 1 saturated heterocycles. The van der Waals surface area contributed by atoms with Crippen LogP contribution in [-0.2, 0) is 0 Å². The highest BCUT2D eigenvalue weighted by Gasteiger charge is 2.22. The molecular weight excluding hydrogens is 146 g/mol. The maximum absolute atomic E-state index is 9.17. The smallest absolute Gasteiger partial charge is 0.265 e. The molecule has 1 aromatic heterocycles. The standard InChI is InChI=1S/C5H9N5O/c11-4-1-2-10(3-4)5-6-8-9-7-5/h4,11H,1-3H2,(H,6,7,8,9). The van der Waals surface area contributed by atoms with Crippen LogP contribution in [0.3, 0.4) is 0 Å². The topological polar surface area (TPSA) is 77.9 Å². The van der Waals surface area contributed by atoms with Gasteiger partial charge in [-0.05, 0) is 11.6 Å². The maximum Gasteiger partial charge on any atom is 0.265 e. The Balaban J connectivity index is 2.08. The number of H-pyrrole nitrogens is 1. The van der Waals surface area contributed by atoms with Gasteiger partial charge in [-0.2, -0.15) is 5.21 Å². The Kier molecular flexibility index (Phi) is 1.46. The van der Waals surface area contributed by atoms with Crippen LogP contribution < -0.4 is 4.90 Å². The molecule has 6 heteroatoms. The first-order valence-electron chi connectivity index (χ1n) is 3.53. The molecular formula is C5H9N5O. The van der Waals surface area contributed by atoms with Gasteiger partial charge in [0, 0.05) is 13.1 Å². The van der Waals surface area contributed by atoms with Crippen LogP contribution in [0.25, 0.3) is 0 Å². The fraction of sp³-hybridized carbons (Fsp3) is 0.800. The summed E-state index contributed by atoms with van der Waals surface area (Å²) in [6.45, 7) is 1.42. The van der Waals surface area contributed by atoms with Gasteiger partial charge in [0.15, 0.2) is 0 Å². The Hall–Kier alpha value is -1.17. The second-order valence-electron chi connectivity index (χ2n) is 2.60. The van der Waals surface area contributed by atoms with Crippen LogP contribution in [-0.4, -0.2) is 44.9 Å². The van der Waals surface area contributed by atoms with E-state index in [1.54, 1.807) is 0 Å². The molecule has 0 aromatic carbocycles. The number of β-amino-alcohol motifs (C(OH)–C–C–N with tert-alkyl or cyclic N) is 1. The number of hydrogen-bond acceptors (Lipinski definition) is 5. The number of nitrogens with zero attached hydrogens (tertiary/aromatic N) is 4. The Morgan fingerprint density at radius 2 is 2.55 bits per heavy atom. The van der Waals surface area contributed by atoms with Crippen molar-refractivity contribution in [2.24, 2.45) is 0 Å². The van der Waals surface area contributed by atoms with Crippen molar-refractivity contribution < 1.29 is 5.11 Å². The van der Waals surface area contributed by atoms with Crippen LogP contribution >= 0.6 is 0 Å². The molecule has 0 amide bonds. The van der Waals surface area contributed by atoms with E-state index in [0.29, 0.717) is 12.5 Å². The molecule has 1 aliphatic rings. The molecule has 1 aliphatic heterocycles. The van der Waals surface area contributed by atoms with E-state index in [1.165, 1.54) is 0 Å². The number of tetrazole rings is 1. The molecule has 1 fully saturated rings. The molecule has 6 nitrogen and oxygen atoms in total. The van der Waals surface area contributed by atoms with Gasteiger partial charge in [0.25, 0.3) is 5.95 Å². The number of aromatic nitrogens is 4. The number of hydrogen-bond donors (Lipinski definition) is 2. The second kappa shape index (κ2) is 2.46. The van der Waals surface area contributed by atoms with E-state index in [2.05, 4.69) is 20.6 Å². The first kappa shape index (κ1) is 6.53. The number of aliphatic hydroxyl groups excluding tert-OH is 1. The molecule has 1 aromatic rings. The lowest BCUT2D eigenvalue weighted by Crippen LogP contribution is -2.22. The number of aliphatic hydroxyl groups is 1. The molecule has 2 N–H and O–H groups in total. The van der Waals surface area contributed by atoms with E-state index in [-0.39, 0.29) is 6.10 Å². The van der Waals surface area contributed by atoms with Gasteiger partial charge in [-0.1, -0.05) is 5.10 Å². The lowest BCUT2D eigenvalue weighted by Gasteiger charge is -2.10. The maximum atomic E-state index is 9.17. The molecule has 1 unspecified atom stereocenters. The highest BCUT2D eigenvalue weighted by atomic mass is 16.3. The predicted octanol–water partition coefficient (Wildman–Crippen LogP) is -1.23. The summed E-state index contributed by atoms with van der Waals surface area (Å²) in [6.07, 6.45) is 0.544. The van der Waals surface area contributed by atoms with Crippen LogP contribution in [0.2, 0.25) is 0 Å². The molecule has 11 heavy (non-hydrogen) atoms. The van der Waals surface area contributed by atoms with E-state index in [1.807, 2.05) is 4.90 Å². The Morgan fingerprint density at radius 1 is 1.64 bits per heavy atom. The number of aromatic amines is 1. The number of nitrogens with one attached hydrogen (secondary N) is 1. The molecule has 0 spiro atoms. The average molecular weight is 155 g/mol. The third-order valence-electron chi connectivity index (χ3n) is 1.78. The summed E-state index contributed by atoms with van der Waals surface area (Å²) in [6, 6.07) is 0. The van der Waals surface area contributed by atoms with E-state index in [9.17, 15) is 5.11 Å². The zero-order chi connectivity index (χ0) is 7.68. The van der Waals surface area contributed by atoms with Crippen molar-refractivity contribution in [2.75, 3.05) is 18.0 Å². The summed E-state index contributed by atoms with van der Waals surface area (Å²) in [7, 11) is 0. The second-order valence-corrected chi connectivity index (χ2v) is 2.60. The normalized spacial score (nSPS) is 24.5. The monoisotopic (exact) mass is 155 g/mol. The summed E-state index contributed by atoms with van der Waals surface area (Å²) in [4.78, 5) is 1.90. The average Bonchev–Trinajstić information content (AvgIpc) is 2.55. The number of anilines is 1. The van der Waals surface area contributed by atoms with Gasteiger partial charge in [-0.3, -0.25) is 0 Å². The molecule has 0 radical (unpaired) electrons. The van der Waals surface area contributed by atoms with E-state index in [0.717, 1.165) is 13.0 Å². The summed E-state index contributed by atoms with van der Waals surface area (Å²) in [5.41, 5.74) is 0. The van der Waals surface area contributed by atoms with E-state index in [4.69, 9.17) is 0 Å². The molecule has 60 valence electrons. The number of rotatable bonds is 1. The molecule has 1 atom stereocenters. The fourth-order valence-corrected chi connectivity index (χ4v) is 1.21. The third-order valence-corrected chi connectivity index (χ3v) is 1.78. The van der Waals surface area contributed by atoms with Crippen molar-refractivity contribution in [2.45, 2.75) is 12.5 Å². The summed E-state index contributed by atoms with van der Waals surface area (Å²) >= 11 is 0. The molecule has 0 aliphatic carbocycles.